The third kappa shape index (κ3) is 8.44. The number of carbonyl (C=O) groups is 2. The zero-order valence-electron chi connectivity index (χ0n) is 23.9. The fourth-order valence-corrected chi connectivity index (χ4v) is 5.72. The molecule has 2 atom stereocenters. The molecule has 0 fully saturated rings. The molecular weight excluding hydrogens is 602 g/mol. The van der Waals surface area contributed by atoms with E-state index in [1.165, 1.54) is 43.3 Å². The van der Waals surface area contributed by atoms with Gasteiger partial charge >= 0.3 is 10.2 Å². The lowest BCUT2D eigenvalue weighted by Crippen LogP contribution is -2.55. The van der Waals surface area contributed by atoms with Crippen LogP contribution in [0.25, 0.3) is 0 Å². The molecule has 8 nitrogen and oxygen atoms in total. The van der Waals surface area contributed by atoms with Crippen molar-refractivity contribution in [3.8, 4) is 0 Å². The summed E-state index contributed by atoms with van der Waals surface area (Å²) in [6, 6.07) is 18.0. The molecule has 226 valence electrons. The van der Waals surface area contributed by atoms with Crippen LogP contribution in [-0.4, -0.2) is 62.2 Å². The first-order chi connectivity index (χ1) is 19.8. The fourth-order valence-electron chi connectivity index (χ4n) is 4.18. The molecule has 0 saturated carbocycles. The molecule has 0 unspecified atom stereocenters. The minimum atomic E-state index is -4.32. The highest BCUT2D eigenvalue weighted by molar-refractivity contribution is 7.90. The largest absolute Gasteiger partial charge is 0.352 e. The van der Waals surface area contributed by atoms with Crippen molar-refractivity contribution in [2.24, 2.45) is 0 Å². The van der Waals surface area contributed by atoms with Gasteiger partial charge in [-0.25, -0.2) is 8.70 Å². The second-order valence-electron chi connectivity index (χ2n) is 10.0. The van der Waals surface area contributed by atoms with E-state index in [1.54, 1.807) is 12.1 Å². The molecule has 0 saturated heterocycles. The van der Waals surface area contributed by atoms with Gasteiger partial charge in [-0.1, -0.05) is 78.7 Å². The number of carbonyl (C=O) groups excluding carboxylic acids is 2. The van der Waals surface area contributed by atoms with Crippen molar-refractivity contribution in [3.05, 3.63) is 99.8 Å². The van der Waals surface area contributed by atoms with E-state index < -0.39 is 40.4 Å². The second-order valence-corrected chi connectivity index (χ2v) is 12.9. The number of nitrogens with zero attached hydrogens (tertiary/aromatic N) is 3. The summed E-state index contributed by atoms with van der Waals surface area (Å²) >= 11 is 12.6. The molecule has 2 amide bonds. The molecule has 3 aromatic rings. The van der Waals surface area contributed by atoms with Gasteiger partial charge in [0, 0.05) is 43.1 Å². The van der Waals surface area contributed by atoms with Gasteiger partial charge in [-0.05, 0) is 48.7 Å². The van der Waals surface area contributed by atoms with Crippen molar-refractivity contribution >= 4 is 50.9 Å². The zero-order valence-corrected chi connectivity index (χ0v) is 26.3. The number of amides is 2. The van der Waals surface area contributed by atoms with Gasteiger partial charge in [-0.2, -0.15) is 12.7 Å². The standard InChI is InChI=1S/C30H35Cl2FN4O4S/c1-5-21(2)34-30(39)28(17-22-11-7-6-8-12-22)36(19-23-15-16-24(31)18-25(23)32)29(38)20-37(42(40,41)35(3)4)27-14-10-9-13-26(27)33/h6-16,18,21,28H,5,17,19-20H2,1-4H3,(H,34,39)/t21-,28+/m1/s1. The highest BCUT2D eigenvalue weighted by Crippen LogP contribution is 2.27. The van der Waals surface area contributed by atoms with Gasteiger partial charge in [0.15, 0.2) is 0 Å². The first kappa shape index (κ1) is 33.3. The van der Waals surface area contributed by atoms with Crippen molar-refractivity contribution in [2.75, 3.05) is 24.9 Å². The number of hydrogen-bond donors (Lipinski definition) is 1. The maximum atomic E-state index is 14.9. The third-order valence-corrected chi connectivity index (χ3v) is 9.16. The summed E-state index contributed by atoms with van der Waals surface area (Å²) in [7, 11) is -1.75. The topological polar surface area (TPSA) is 90.0 Å². The predicted molar refractivity (Wildman–Crippen MR) is 165 cm³/mol. The summed E-state index contributed by atoms with van der Waals surface area (Å²) < 4.78 is 43.3. The van der Waals surface area contributed by atoms with Crippen LogP contribution in [0, 0.1) is 5.82 Å². The lowest BCUT2D eigenvalue weighted by Gasteiger charge is -2.35. The second kappa shape index (κ2) is 14.8. The maximum absolute atomic E-state index is 14.9. The summed E-state index contributed by atoms with van der Waals surface area (Å²) in [6.07, 6.45) is 0.795. The van der Waals surface area contributed by atoms with Crippen LogP contribution in [0.15, 0.2) is 72.8 Å². The predicted octanol–water partition coefficient (Wildman–Crippen LogP) is 5.30. The monoisotopic (exact) mass is 636 g/mol. The Morgan fingerprint density at radius 3 is 2.21 bits per heavy atom. The summed E-state index contributed by atoms with van der Waals surface area (Å²) in [5, 5.41) is 3.61. The van der Waals surface area contributed by atoms with Crippen molar-refractivity contribution in [3.63, 3.8) is 0 Å². The number of hydrogen-bond acceptors (Lipinski definition) is 4. The molecule has 42 heavy (non-hydrogen) atoms. The Morgan fingerprint density at radius 2 is 1.62 bits per heavy atom. The van der Waals surface area contributed by atoms with Gasteiger partial charge < -0.3 is 10.2 Å². The highest BCUT2D eigenvalue weighted by Gasteiger charge is 2.36. The molecule has 0 radical (unpaired) electrons. The van der Waals surface area contributed by atoms with Crippen LogP contribution in [-0.2, 0) is 32.8 Å². The smallest absolute Gasteiger partial charge is 0.304 e. The number of benzene rings is 3. The molecule has 0 bridgehead atoms. The molecule has 12 heteroatoms. The normalized spacial score (nSPS) is 13.0. The van der Waals surface area contributed by atoms with E-state index in [1.807, 2.05) is 44.2 Å². The van der Waals surface area contributed by atoms with Crippen molar-refractivity contribution in [2.45, 2.75) is 45.3 Å². The minimum Gasteiger partial charge on any atom is -0.352 e. The Bertz CT molecular complexity index is 1490. The Morgan fingerprint density at radius 1 is 0.976 bits per heavy atom. The van der Waals surface area contributed by atoms with Crippen molar-refractivity contribution in [1.29, 1.82) is 0 Å². The van der Waals surface area contributed by atoms with E-state index in [4.69, 9.17) is 23.2 Å². The van der Waals surface area contributed by atoms with Crippen LogP contribution in [0.5, 0.6) is 0 Å². The van der Waals surface area contributed by atoms with Gasteiger partial charge in [0.1, 0.15) is 18.4 Å². The maximum Gasteiger partial charge on any atom is 0.304 e. The molecule has 0 aliphatic carbocycles. The summed E-state index contributed by atoms with van der Waals surface area (Å²) in [4.78, 5) is 29.2. The SMILES string of the molecule is CC[C@@H](C)NC(=O)[C@H](Cc1ccccc1)N(Cc1ccc(Cl)cc1Cl)C(=O)CN(c1ccccc1F)S(=O)(=O)N(C)C. The summed E-state index contributed by atoms with van der Waals surface area (Å²) in [5.41, 5.74) is 0.984. The number of anilines is 1. The van der Waals surface area contributed by atoms with Crippen LogP contribution >= 0.6 is 23.2 Å². The van der Waals surface area contributed by atoms with E-state index in [-0.39, 0.29) is 29.7 Å². The lowest BCUT2D eigenvalue weighted by molar-refractivity contribution is -0.140. The van der Waals surface area contributed by atoms with Crippen LogP contribution in [0.3, 0.4) is 0 Å². The molecule has 0 heterocycles. The molecule has 3 rings (SSSR count). The van der Waals surface area contributed by atoms with Gasteiger partial charge in [-0.3, -0.25) is 9.59 Å². The van der Waals surface area contributed by atoms with E-state index in [2.05, 4.69) is 5.32 Å². The molecule has 0 aliphatic rings. The molecule has 1 N–H and O–H groups in total. The first-order valence-electron chi connectivity index (χ1n) is 13.4. The Kier molecular flexibility index (Phi) is 11.8. The molecule has 0 spiro atoms. The fraction of sp³-hybridized carbons (Fsp3) is 0.333. The average molecular weight is 638 g/mol. The Hall–Kier alpha value is -3.18. The summed E-state index contributed by atoms with van der Waals surface area (Å²) in [6.45, 7) is 2.87. The van der Waals surface area contributed by atoms with Gasteiger partial charge in [0.25, 0.3) is 0 Å². The highest BCUT2D eigenvalue weighted by atomic mass is 35.5. The summed E-state index contributed by atoms with van der Waals surface area (Å²) in [5.74, 6) is -1.96. The van der Waals surface area contributed by atoms with Crippen LogP contribution in [0.1, 0.15) is 31.4 Å². The van der Waals surface area contributed by atoms with Crippen LogP contribution < -0.4 is 9.62 Å². The van der Waals surface area contributed by atoms with E-state index in [0.717, 1.165) is 15.9 Å². The molecule has 3 aromatic carbocycles. The quantitative estimate of drug-likeness (QED) is 0.276. The average Bonchev–Trinajstić information content (AvgIpc) is 2.95. The number of para-hydroxylation sites is 1. The van der Waals surface area contributed by atoms with E-state index in [0.29, 0.717) is 21.3 Å². The third-order valence-electron chi connectivity index (χ3n) is 6.77. The van der Waals surface area contributed by atoms with Gasteiger partial charge in [0.05, 0.1) is 5.69 Å². The molecule has 0 aromatic heterocycles. The lowest BCUT2D eigenvalue weighted by atomic mass is 10.0. The number of nitrogens with one attached hydrogen (secondary N) is 1. The van der Waals surface area contributed by atoms with Crippen LogP contribution in [0.4, 0.5) is 10.1 Å². The van der Waals surface area contributed by atoms with Crippen molar-refractivity contribution in [1.82, 2.24) is 14.5 Å². The van der Waals surface area contributed by atoms with Crippen LogP contribution in [0.2, 0.25) is 10.0 Å². The van der Waals surface area contributed by atoms with Crippen molar-refractivity contribution < 1.29 is 22.4 Å². The van der Waals surface area contributed by atoms with E-state index in [9.17, 15) is 22.4 Å². The van der Waals surface area contributed by atoms with Gasteiger partial charge in [0.2, 0.25) is 11.8 Å². The molecular formula is C30H35Cl2FN4O4S. The van der Waals surface area contributed by atoms with E-state index >= 15 is 0 Å². The zero-order chi connectivity index (χ0) is 31.0. The first-order valence-corrected chi connectivity index (χ1v) is 15.5. The minimum absolute atomic E-state index is 0.132. The number of halogens is 3. The Labute approximate surface area is 257 Å². The van der Waals surface area contributed by atoms with Gasteiger partial charge in [-0.15, -0.1) is 0 Å². The number of rotatable bonds is 13. The molecule has 0 aliphatic heterocycles. The Balaban J connectivity index is 2.14.